The van der Waals surface area contributed by atoms with Crippen molar-refractivity contribution in [1.82, 2.24) is 15.2 Å². The van der Waals surface area contributed by atoms with Crippen LogP contribution in [0.3, 0.4) is 0 Å². The van der Waals surface area contributed by atoms with Gasteiger partial charge in [0, 0.05) is 31.4 Å². The normalized spacial score (nSPS) is 11.5. The van der Waals surface area contributed by atoms with E-state index in [0.717, 1.165) is 11.8 Å². The van der Waals surface area contributed by atoms with Gasteiger partial charge in [0.05, 0.1) is 4.92 Å². The molecule has 0 saturated carbocycles. The Hall–Kier alpha value is -1.82. The van der Waals surface area contributed by atoms with Crippen LogP contribution in [-0.2, 0) is 6.54 Å². The number of rotatable bonds is 6. The number of nitrogens with zero attached hydrogens (tertiary/aromatic N) is 3. The molecule has 0 aliphatic carbocycles. The number of hydrogen-bond donors (Lipinski definition) is 1. The molecule has 0 amide bonds. The van der Waals surface area contributed by atoms with Crippen LogP contribution >= 0.6 is 11.6 Å². The Morgan fingerprint density at radius 1 is 1.68 bits per heavy atom. The number of halogens is 1. The van der Waals surface area contributed by atoms with Gasteiger partial charge in [-0.2, -0.15) is 0 Å². The lowest BCUT2D eigenvalue weighted by atomic mass is 10.2. The average molecular weight is 285 g/mol. The molecule has 0 aromatic carbocycles. The first kappa shape index (κ1) is 15.2. The van der Waals surface area contributed by atoms with Crippen molar-refractivity contribution < 1.29 is 4.92 Å². The van der Waals surface area contributed by atoms with Gasteiger partial charge >= 0.3 is 0 Å². The van der Waals surface area contributed by atoms with Crippen LogP contribution in [0, 0.1) is 10.1 Å². The summed E-state index contributed by atoms with van der Waals surface area (Å²) in [6, 6.07) is 3.72. The summed E-state index contributed by atoms with van der Waals surface area (Å²) in [6.45, 7) is 4.36. The molecule has 0 unspecified atom stereocenters. The van der Waals surface area contributed by atoms with Crippen molar-refractivity contribution in [1.29, 1.82) is 0 Å². The minimum Gasteiger partial charge on any atom is -0.370 e. The first-order chi connectivity index (χ1) is 8.95. The van der Waals surface area contributed by atoms with Crippen molar-refractivity contribution in [2.24, 2.45) is 0 Å². The fraction of sp³-hybridized carbons (Fsp3) is 0.417. The summed E-state index contributed by atoms with van der Waals surface area (Å²) >= 11 is 6.02. The molecule has 0 aliphatic rings. The van der Waals surface area contributed by atoms with Crippen molar-refractivity contribution in [2.45, 2.75) is 26.4 Å². The first-order valence-corrected chi connectivity index (χ1v) is 6.22. The van der Waals surface area contributed by atoms with E-state index >= 15 is 0 Å². The summed E-state index contributed by atoms with van der Waals surface area (Å²) in [7, 11) is 1.65. The van der Waals surface area contributed by atoms with Gasteiger partial charge in [-0.05, 0) is 19.9 Å². The fourth-order valence-corrected chi connectivity index (χ4v) is 1.83. The molecule has 104 valence electrons. The molecule has 0 atom stereocenters. The summed E-state index contributed by atoms with van der Waals surface area (Å²) in [5.41, 5.74) is 0.822. The number of nitrogens with one attached hydrogen (secondary N) is 1. The highest BCUT2D eigenvalue weighted by Gasteiger charge is 2.17. The number of aromatic nitrogens is 1. The lowest BCUT2D eigenvalue weighted by Gasteiger charge is -2.29. The molecule has 1 N–H and O–H groups in total. The summed E-state index contributed by atoms with van der Waals surface area (Å²) in [5.74, 6) is 0.430. The second-order valence-corrected chi connectivity index (χ2v) is 4.58. The van der Waals surface area contributed by atoms with E-state index in [9.17, 15) is 10.1 Å². The second kappa shape index (κ2) is 6.94. The highest BCUT2D eigenvalue weighted by Crippen LogP contribution is 2.18. The molecule has 0 bridgehead atoms. The molecule has 1 aromatic heterocycles. The van der Waals surface area contributed by atoms with Crippen LogP contribution < -0.4 is 5.32 Å². The Bertz CT molecular complexity index is 477. The molecular formula is C12H17ClN4O2. The van der Waals surface area contributed by atoms with Gasteiger partial charge in [0.25, 0.3) is 6.20 Å². The van der Waals surface area contributed by atoms with E-state index in [-0.39, 0.29) is 6.04 Å². The Balaban J connectivity index is 3.02. The maximum atomic E-state index is 10.6. The van der Waals surface area contributed by atoms with Crippen LogP contribution in [0.5, 0.6) is 0 Å². The smallest absolute Gasteiger partial charge is 0.274 e. The minimum atomic E-state index is -0.480. The predicted molar refractivity (Wildman–Crippen MR) is 74.1 cm³/mol. The third-order valence-corrected chi connectivity index (χ3v) is 2.93. The van der Waals surface area contributed by atoms with Gasteiger partial charge < -0.3 is 10.2 Å². The molecule has 19 heavy (non-hydrogen) atoms. The van der Waals surface area contributed by atoms with Crippen molar-refractivity contribution >= 4 is 11.6 Å². The average Bonchev–Trinajstić information content (AvgIpc) is 2.34. The molecule has 0 radical (unpaired) electrons. The third-order valence-electron chi connectivity index (χ3n) is 2.59. The zero-order chi connectivity index (χ0) is 14.4. The van der Waals surface area contributed by atoms with E-state index in [0.29, 0.717) is 17.5 Å². The van der Waals surface area contributed by atoms with E-state index in [1.807, 2.05) is 24.8 Å². The van der Waals surface area contributed by atoms with Gasteiger partial charge in [-0.15, -0.1) is 0 Å². The van der Waals surface area contributed by atoms with Gasteiger partial charge in [-0.25, -0.2) is 4.98 Å². The van der Waals surface area contributed by atoms with Crippen molar-refractivity contribution in [3.8, 4) is 0 Å². The van der Waals surface area contributed by atoms with Crippen molar-refractivity contribution in [3.63, 3.8) is 0 Å². The molecule has 0 fully saturated rings. The zero-order valence-corrected chi connectivity index (χ0v) is 11.9. The number of hydrogen-bond acceptors (Lipinski definition) is 5. The van der Waals surface area contributed by atoms with Crippen molar-refractivity contribution in [2.75, 3.05) is 7.05 Å². The molecule has 1 aromatic rings. The lowest BCUT2D eigenvalue weighted by molar-refractivity contribution is -0.404. The van der Waals surface area contributed by atoms with E-state index in [1.54, 1.807) is 19.3 Å². The quantitative estimate of drug-likeness (QED) is 0.493. The molecule has 7 heteroatoms. The van der Waals surface area contributed by atoms with Crippen molar-refractivity contribution in [3.05, 3.63) is 51.2 Å². The van der Waals surface area contributed by atoms with E-state index in [2.05, 4.69) is 10.3 Å². The molecular weight excluding hydrogens is 268 g/mol. The molecule has 0 spiro atoms. The highest BCUT2D eigenvalue weighted by molar-refractivity contribution is 6.30. The standard InChI is InChI=1S/C12H17ClN4O2/c1-9(2)16(11(14-3)8-17(18)19)7-10-5-4-6-15-12(10)13/h4-6,8-9,14H,7H2,1-3H3. The Kier molecular flexibility index (Phi) is 5.57. The minimum absolute atomic E-state index is 0.0786. The van der Waals surface area contributed by atoms with E-state index < -0.39 is 4.92 Å². The van der Waals surface area contributed by atoms with Crippen LogP contribution in [0.2, 0.25) is 5.15 Å². The SMILES string of the molecule is CNC(=C[N+](=O)[O-])N(Cc1cccnc1Cl)C(C)C. The summed E-state index contributed by atoms with van der Waals surface area (Å²) in [6.07, 6.45) is 2.56. The second-order valence-electron chi connectivity index (χ2n) is 4.22. The first-order valence-electron chi connectivity index (χ1n) is 5.84. The Morgan fingerprint density at radius 2 is 2.37 bits per heavy atom. The molecule has 1 heterocycles. The lowest BCUT2D eigenvalue weighted by Crippen LogP contribution is -2.35. The molecule has 0 saturated heterocycles. The third kappa shape index (κ3) is 4.40. The van der Waals surface area contributed by atoms with Crippen LogP contribution in [0.4, 0.5) is 0 Å². The van der Waals surface area contributed by atoms with Gasteiger partial charge in [-0.1, -0.05) is 17.7 Å². The summed E-state index contributed by atoms with van der Waals surface area (Å²) in [5, 5.41) is 13.9. The van der Waals surface area contributed by atoms with Gasteiger partial charge in [0.2, 0.25) is 0 Å². The molecule has 0 aliphatic heterocycles. The Morgan fingerprint density at radius 3 is 2.84 bits per heavy atom. The van der Waals surface area contributed by atoms with Gasteiger partial charge in [-0.3, -0.25) is 10.1 Å². The summed E-state index contributed by atoms with van der Waals surface area (Å²) in [4.78, 5) is 16.0. The van der Waals surface area contributed by atoms with Crippen LogP contribution in [0.15, 0.2) is 30.4 Å². The van der Waals surface area contributed by atoms with Crippen LogP contribution in [0.1, 0.15) is 19.4 Å². The van der Waals surface area contributed by atoms with E-state index in [1.165, 1.54) is 0 Å². The Labute approximate surface area is 117 Å². The van der Waals surface area contributed by atoms with Gasteiger partial charge in [0.15, 0.2) is 5.82 Å². The van der Waals surface area contributed by atoms with E-state index in [4.69, 9.17) is 11.6 Å². The van der Waals surface area contributed by atoms with Gasteiger partial charge in [0.1, 0.15) is 5.15 Å². The molecule has 6 nitrogen and oxygen atoms in total. The number of pyridine rings is 1. The van der Waals surface area contributed by atoms with Crippen LogP contribution in [-0.4, -0.2) is 27.9 Å². The monoisotopic (exact) mass is 284 g/mol. The maximum absolute atomic E-state index is 10.6. The summed E-state index contributed by atoms with van der Waals surface area (Å²) < 4.78 is 0. The van der Waals surface area contributed by atoms with Crippen LogP contribution in [0.25, 0.3) is 0 Å². The zero-order valence-electron chi connectivity index (χ0n) is 11.1. The number of nitro groups is 1. The maximum Gasteiger partial charge on any atom is 0.274 e. The molecule has 1 rings (SSSR count). The largest absolute Gasteiger partial charge is 0.370 e. The predicted octanol–water partition coefficient (Wildman–Crippen LogP) is 2.24. The highest BCUT2D eigenvalue weighted by atomic mass is 35.5. The topological polar surface area (TPSA) is 71.3 Å². The fourth-order valence-electron chi connectivity index (χ4n) is 1.65.